The first-order chi connectivity index (χ1) is 15.8. The van der Waals surface area contributed by atoms with E-state index < -0.39 is 10.0 Å². The Hall–Kier alpha value is -3.70. The summed E-state index contributed by atoms with van der Waals surface area (Å²) in [6.45, 7) is 4.34. The number of primary sulfonamides is 1. The highest BCUT2D eigenvalue weighted by atomic mass is 32.2. The first-order valence-electron chi connectivity index (χ1n) is 10.5. The average Bonchev–Trinajstić information content (AvgIpc) is 3.40. The zero-order valence-corrected chi connectivity index (χ0v) is 18.5. The fourth-order valence-electron chi connectivity index (χ4n) is 3.60. The summed E-state index contributed by atoms with van der Waals surface area (Å²) in [7, 11) is -3.73. The van der Waals surface area contributed by atoms with Crippen molar-refractivity contribution >= 4 is 39.3 Å². The fourth-order valence-corrected chi connectivity index (χ4v) is 4.12. The van der Waals surface area contributed by atoms with Crippen LogP contribution < -0.4 is 21.1 Å². The lowest BCUT2D eigenvalue weighted by atomic mass is 10.1. The number of amides is 1. The van der Waals surface area contributed by atoms with E-state index in [1.54, 1.807) is 22.8 Å². The molecule has 33 heavy (non-hydrogen) atoms. The van der Waals surface area contributed by atoms with Crippen LogP contribution in [0.5, 0.6) is 0 Å². The number of carbonyl (C=O) groups is 1. The molecule has 1 aromatic carbocycles. The van der Waals surface area contributed by atoms with E-state index in [0.717, 1.165) is 35.4 Å². The van der Waals surface area contributed by atoms with E-state index in [-0.39, 0.29) is 17.2 Å². The van der Waals surface area contributed by atoms with Crippen molar-refractivity contribution in [3.63, 3.8) is 0 Å². The van der Waals surface area contributed by atoms with Crippen molar-refractivity contribution in [3.8, 4) is 0 Å². The smallest absolute Gasteiger partial charge is 0.238 e. The van der Waals surface area contributed by atoms with E-state index in [2.05, 4.69) is 27.6 Å². The van der Waals surface area contributed by atoms with Gasteiger partial charge in [0.25, 0.3) is 0 Å². The third-order valence-electron chi connectivity index (χ3n) is 5.51. The summed E-state index contributed by atoms with van der Waals surface area (Å²) in [5.74, 6) is 1.38. The van der Waals surface area contributed by atoms with Gasteiger partial charge >= 0.3 is 0 Å². The van der Waals surface area contributed by atoms with Gasteiger partial charge in [-0.25, -0.2) is 18.5 Å². The van der Waals surface area contributed by atoms with Crippen LogP contribution in [0.15, 0.2) is 59.3 Å². The monoisotopic (exact) mass is 465 g/mol. The Morgan fingerprint density at radius 2 is 2.03 bits per heavy atom. The first kappa shape index (κ1) is 21.2. The minimum absolute atomic E-state index is 0.0696. The van der Waals surface area contributed by atoms with Crippen LogP contribution in [0.1, 0.15) is 30.4 Å². The van der Waals surface area contributed by atoms with Gasteiger partial charge < -0.3 is 16.0 Å². The van der Waals surface area contributed by atoms with E-state index in [1.165, 1.54) is 12.1 Å². The molecule has 1 saturated heterocycles. The number of nitrogens with two attached hydrogens (primary N) is 1. The first-order valence-corrected chi connectivity index (χ1v) is 12.0. The third kappa shape index (κ3) is 4.59. The van der Waals surface area contributed by atoms with Gasteiger partial charge in [0, 0.05) is 29.9 Å². The topological polar surface area (TPSA) is 144 Å². The maximum atomic E-state index is 11.7. The van der Waals surface area contributed by atoms with Crippen molar-refractivity contribution in [3.05, 3.63) is 65.5 Å². The Kier molecular flexibility index (Phi) is 5.14. The molecule has 1 aliphatic carbocycles. The van der Waals surface area contributed by atoms with E-state index in [4.69, 9.17) is 10.1 Å². The fraction of sp³-hybridized carbons (Fsp3) is 0.227. The summed E-state index contributed by atoms with van der Waals surface area (Å²) in [4.78, 5) is 16.5. The number of nitrogens with one attached hydrogen (secondary N) is 3. The van der Waals surface area contributed by atoms with Crippen molar-refractivity contribution in [2.24, 2.45) is 5.14 Å². The minimum atomic E-state index is -3.73. The largest absolute Gasteiger partial charge is 0.367 e. The Morgan fingerprint density at radius 1 is 1.27 bits per heavy atom. The van der Waals surface area contributed by atoms with Crippen molar-refractivity contribution in [2.75, 3.05) is 10.6 Å². The molecule has 1 aliphatic heterocycles. The molecule has 2 aromatic heterocycles. The van der Waals surface area contributed by atoms with Crippen LogP contribution in [0, 0.1) is 0 Å². The number of hydrogen-bond donors (Lipinski definition) is 4. The molecule has 1 amide bonds. The Bertz CT molecular complexity index is 1400. The summed E-state index contributed by atoms with van der Waals surface area (Å²) in [6, 6.07) is 8.69. The van der Waals surface area contributed by atoms with Crippen molar-refractivity contribution in [2.45, 2.75) is 36.7 Å². The second-order valence-electron chi connectivity index (χ2n) is 8.20. The molecule has 0 spiro atoms. The predicted octanol–water partition coefficient (Wildman–Crippen LogP) is 1.98. The lowest BCUT2D eigenvalue weighted by Crippen LogP contribution is -2.12. The van der Waals surface area contributed by atoms with Crippen molar-refractivity contribution in [1.82, 2.24) is 19.9 Å². The minimum Gasteiger partial charge on any atom is -0.367 e. The molecule has 10 nitrogen and oxygen atoms in total. The zero-order chi connectivity index (χ0) is 23.2. The maximum Gasteiger partial charge on any atom is 0.238 e. The van der Waals surface area contributed by atoms with Gasteiger partial charge in [-0.15, -0.1) is 0 Å². The summed E-state index contributed by atoms with van der Waals surface area (Å²) in [5.41, 5.74) is 3.70. The molecule has 0 unspecified atom stereocenters. The number of hydrogen-bond acceptors (Lipinski definition) is 7. The van der Waals surface area contributed by atoms with Gasteiger partial charge in [0.05, 0.1) is 17.5 Å². The molecule has 0 radical (unpaired) electrons. The molecule has 3 heterocycles. The normalized spacial score (nSPS) is 17.5. The zero-order valence-electron chi connectivity index (χ0n) is 17.7. The Labute approximate surface area is 190 Å². The lowest BCUT2D eigenvalue weighted by molar-refractivity contribution is -0.118. The van der Waals surface area contributed by atoms with Crippen LogP contribution in [0.3, 0.4) is 0 Å². The number of rotatable bonds is 7. The molecule has 2 aliphatic rings. The summed E-state index contributed by atoms with van der Waals surface area (Å²) in [5, 5.41) is 19.1. The SMILES string of the molecule is C=C1NC(=O)C/C1=C\c1cnn2c(NC3CC3)cc(NCc3ccc(S(N)(=O)=O)cc3)nc12. The van der Waals surface area contributed by atoms with Crippen LogP contribution in [0.25, 0.3) is 11.7 Å². The van der Waals surface area contributed by atoms with E-state index >= 15 is 0 Å². The van der Waals surface area contributed by atoms with Gasteiger partial charge in [0.15, 0.2) is 5.65 Å². The molecule has 0 atom stereocenters. The van der Waals surface area contributed by atoms with E-state index in [0.29, 0.717) is 29.7 Å². The standard InChI is InChI=1S/C22H23N7O3S/c1-13-15(9-21(30)26-13)8-16-12-25-29-20(27-17-4-5-17)10-19(28-22(16)29)24-11-14-2-6-18(7-3-14)33(23,31)32/h2-3,6-8,10,12,17,27H,1,4-5,9,11H2,(H,24,28)(H,26,30)(H2,23,31,32)/b15-8+. The van der Waals surface area contributed by atoms with Gasteiger partial charge in [-0.3, -0.25) is 4.79 Å². The summed E-state index contributed by atoms with van der Waals surface area (Å²) >= 11 is 0. The van der Waals surface area contributed by atoms with Gasteiger partial charge in [0.2, 0.25) is 15.9 Å². The molecule has 0 bridgehead atoms. The highest BCUT2D eigenvalue weighted by Gasteiger charge is 2.24. The number of allylic oxidation sites excluding steroid dienone is 1. The quantitative estimate of drug-likeness (QED) is 0.418. The predicted molar refractivity (Wildman–Crippen MR) is 125 cm³/mol. The number of nitrogens with zero attached hydrogens (tertiary/aromatic N) is 3. The Morgan fingerprint density at radius 3 is 2.67 bits per heavy atom. The summed E-state index contributed by atoms with van der Waals surface area (Å²) in [6.07, 6.45) is 6.09. The maximum absolute atomic E-state index is 11.7. The van der Waals surface area contributed by atoms with Crippen molar-refractivity contribution in [1.29, 1.82) is 0 Å². The van der Waals surface area contributed by atoms with Crippen LogP contribution in [0.2, 0.25) is 0 Å². The van der Waals surface area contributed by atoms with Gasteiger partial charge in [0.1, 0.15) is 11.6 Å². The number of sulfonamides is 1. The van der Waals surface area contributed by atoms with Crippen LogP contribution in [-0.4, -0.2) is 35.0 Å². The van der Waals surface area contributed by atoms with Gasteiger partial charge in [-0.05, 0) is 42.2 Å². The number of aromatic nitrogens is 3. The van der Waals surface area contributed by atoms with Gasteiger partial charge in [-0.1, -0.05) is 18.7 Å². The Balaban J connectivity index is 1.45. The number of anilines is 2. The number of fused-ring (bicyclic) bond motifs is 1. The summed E-state index contributed by atoms with van der Waals surface area (Å²) < 4.78 is 24.7. The molecule has 2 fully saturated rings. The average molecular weight is 466 g/mol. The molecule has 5 rings (SSSR count). The highest BCUT2D eigenvalue weighted by molar-refractivity contribution is 7.89. The van der Waals surface area contributed by atoms with E-state index in [9.17, 15) is 13.2 Å². The van der Waals surface area contributed by atoms with Crippen LogP contribution in [-0.2, 0) is 21.4 Å². The van der Waals surface area contributed by atoms with Gasteiger partial charge in [-0.2, -0.15) is 9.61 Å². The second-order valence-corrected chi connectivity index (χ2v) is 9.76. The molecule has 5 N–H and O–H groups in total. The van der Waals surface area contributed by atoms with Crippen molar-refractivity contribution < 1.29 is 13.2 Å². The molecule has 170 valence electrons. The van der Waals surface area contributed by atoms with Crippen LogP contribution in [0.4, 0.5) is 11.6 Å². The molecule has 11 heteroatoms. The van der Waals surface area contributed by atoms with Crippen LogP contribution >= 0.6 is 0 Å². The molecular formula is C22H23N7O3S. The second kappa shape index (κ2) is 8.01. The highest BCUT2D eigenvalue weighted by Crippen LogP contribution is 2.29. The number of carbonyl (C=O) groups excluding carboxylic acids is 1. The number of benzene rings is 1. The van der Waals surface area contributed by atoms with E-state index in [1.807, 2.05) is 12.1 Å². The third-order valence-corrected chi connectivity index (χ3v) is 6.44. The lowest BCUT2D eigenvalue weighted by Gasteiger charge is -2.12. The molecular weight excluding hydrogens is 442 g/mol. The molecule has 1 saturated carbocycles. The molecule has 3 aromatic rings.